The minimum absolute atomic E-state index is 0.0988. The van der Waals surface area contributed by atoms with E-state index < -0.39 is 78.6 Å². The lowest BCUT2D eigenvalue weighted by molar-refractivity contribution is -0.220. The van der Waals surface area contributed by atoms with Gasteiger partial charge in [-0.05, 0) is 82.1 Å². The maximum Gasteiger partial charge on any atom is 0.407 e. The summed E-state index contributed by atoms with van der Waals surface area (Å²) in [5, 5.41) is 25.5. The van der Waals surface area contributed by atoms with Gasteiger partial charge in [-0.3, -0.25) is 4.79 Å². The lowest BCUT2D eigenvalue weighted by Crippen LogP contribution is -2.62. The smallest absolute Gasteiger partial charge is 0.407 e. The normalized spacial score (nSPS) is 17.2. The van der Waals surface area contributed by atoms with Crippen LogP contribution in [0.15, 0.2) is 67.0 Å². The first kappa shape index (κ1) is 46.4. The number of hydrogen-bond acceptors (Lipinski definition) is 9. The maximum absolute atomic E-state index is 15.1. The number of nitrogens with zero attached hydrogens (tertiary/aromatic N) is 4. The van der Waals surface area contributed by atoms with Crippen LogP contribution in [0.4, 0.5) is 41.3 Å². The van der Waals surface area contributed by atoms with E-state index in [4.69, 9.17) is 0 Å². The Bertz CT molecular complexity index is 2160. The highest BCUT2D eigenvalue weighted by atomic mass is 19.4. The highest BCUT2D eigenvalue weighted by Gasteiger charge is 2.56. The molecule has 5 atom stereocenters. The number of methoxy groups -OCH3 is 1. The summed E-state index contributed by atoms with van der Waals surface area (Å²) in [6.07, 6.45) is -5.35. The number of rotatable bonds is 14. The van der Waals surface area contributed by atoms with Crippen molar-refractivity contribution in [2.24, 2.45) is 5.41 Å². The Balaban J connectivity index is 1.31. The SMILES string of the molecule is COC(=O)NC(C(=O)N[C@@H](Cc1ccc(C#Cc2ccc(N3CC(C)NC(C)C3)nc2)cc1)[C@@H](O)CNCc1c(F)cc(-c2ccn(C(F)F)n2)cc1F)C(C)(C)C(F)(F)F. The number of pyridine rings is 1. The van der Waals surface area contributed by atoms with Crippen LogP contribution in [0.25, 0.3) is 11.3 Å². The number of amides is 2. The second kappa shape index (κ2) is 19.8. The third kappa shape index (κ3) is 12.0. The first-order valence-electron chi connectivity index (χ1n) is 19.3. The molecule has 3 unspecified atom stereocenters. The monoisotopic (exact) mass is 860 g/mol. The zero-order valence-electron chi connectivity index (χ0n) is 34.0. The third-order valence-electron chi connectivity index (χ3n) is 10.2. The molecule has 19 heteroatoms. The molecule has 0 saturated carbocycles. The molecule has 5 N–H and O–H groups in total. The van der Waals surface area contributed by atoms with Gasteiger partial charge in [0.15, 0.2) is 0 Å². The Labute approximate surface area is 348 Å². The molecule has 3 heterocycles. The van der Waals surface area contributed by atoms with E-state index in [2.05, 4.69) is 61.4 Å². The summed E-state index contributed by atoms with van der Waals surface area (Å²) in [6, 6.07) is 10.5. The largest absolute Gasteiger partial charge is 0.453 e. The fourth-order valence-corrected chi connectivity index (χ4v) is 6.75. The number of halogens is 7. The van der Waals surface area contributed by atoms with Crippen LogP contribution in [-0.2, 0) is 22.5 Å². The highest BCUT2D eigenvalue weighted by molar-refractivity contribution is 5.87. The molecule has 1 aliphatic heterocycles. The van der Waals surface area contributed by atoms with Crippen LogP contribution >= 0.6 is 0 Å². The van der Waals surface area contributed by atoms with Gasteiger partial charge in [0.2, 0.25) is 5.91 Å². The van der Waals surface area contributed by atoms with E-state index in [1.807, 2.05) is 17.4 Å². The highest BCUT2D eigenvalue weighted by Crippen LogP contribution is 2.40. The van der Waals surface area contributed by atoms with Gasteiger partial charge in [-0.15, -0.1) is 0 Å². The minimum Gasteiger partial charge on any atom is -0.453 e. The average Bonchev–Trinajstić information content (AvgIpc) is 3.71. The topological polar surface area (TPSA) is 146 Å². The predicted octanol–water partition coefficient (Wildman–Crippen LogP) is 5.70. The van der Waals surface area contributed by atoms with E-state index in [1.54, 1.807) is 30.5 Å². The summed E-state index contributed by atoms with van der Waals surface area (Å²) < 4.78 is 103. The second-order valence-corrected chi connectivity index (χ2v) is 15.4. The summed E-state index contributed by atoms with van der Waals surface area (Å²) in [5.74, 6) is 3.58. The number of hydrogen-bond donors (Lipinski definition) is 5. The van der Waals surface area contributed by atoms with Crippen molar-refractivity contribution < 1.29 is 50.2 Å². The van der Waals surface area contributed by atoms with Crippen LogP contribution in [0, 0.1) is 28.9 Å². The average molecular weight is 861 g/mol. The Morgan fingerprint density at radius 2 is 1.59 bits per heavy atom. The number of carbonyl (C=O) groups excluding carboxylic acids is 2. The predicted molar refractivity (Wildman–Crippen MR) is 212 cm³/mol. The number of aliphatic hydroxyl groups is 1. The summed E-state index contributed by atoms with van der Waals surface area (Å²) >= 11 is 0. The number of aromatic nitrogens is 3. The van der Waals surface area contributed by atoms with Crippen molar-refractivity contribution in [2.45, 2.75) is 83.7 Å². The van der Waals surface area contributed by atoms with E-state index in [1.165, 1.54) is 0 Å². The number of aliphatic hydroxyl groups excluding tert-OH is 1. The van der Waals surface area contributed by atoms with Crippen LogP contribution in [0.5, 0.6) is 0 Å². The van der Waals surface area contributed by atoms with Crippen molar-refractivity contribution in [3.05, 3.63) is 101 Å². The zero-order chi connectivity index (χ0) is 44.6. The molecule has 61 heavy (non-hydrogen) atoms. The van der Waals surface area contributed by atoms with Crippen LogP contribution in [-0.4, -0.2) is 95.1 Å². The molecule has 4 aromatic rings. The number of nitrogens with one attached hydrogen (secondary N) is 4. The summed E-state index contributed by atoms with van der Waals surface area (Å²) in [7, 11) is 0.916. The van der Waals surface area contributed by atoms with Crippen molar-refractivity contribution in [3.63, 3.8) is 0 Å². The van der Waals surface area contributed by atoms with Crippen LogP contribution in [0.3, 0.4) is 0 Å². The summed E-state index contributed by atoms with van der Waals surface area (Å²) in [6.45, 7) is 3.43. The van der Waals surface area contributed by atoms with Crippen molar-refractivity contribution in [2.75, 3.05) is 31.6 Å². The van der Waals surface area contributed by atoms with Crippen molar-refractivity contribution >= 4 is 17.8 Å². The van der Waals surface area contributed by atoms with Crippen molar-refractivity contribution in [3.8, 4) is 23.1 Å². The Kier molecular flexibility index (Phi) is 15.0. The number of anilines is 1. The van der Waals surface area contributed by atoms with Crippen LogP contribution < -0.4 is 26.2 Å². The molecule has 2 amide bonds. The van der Waals surface area contributed by atoms with Crippen molar-refractivity contribution in [1.82, 2.24) is 36.0 Å². The van der Waals surface area contributed by atoms with E-state index in [9.17, 15) is 36.6 Å². The quantitative estimate of drug-likeness (QED) is 0.0798. The van der Waals surface area contributed by atoms with E-state index in [0.717, 1.165) is 64.3 Å². The fourth-order valence-electron chi connectivity index (χ4n) is 6.75. The number of piperazine rings is 1. The fraction of sp³-hybridized carbons (Fsp3) is 0.429. The van der Waals surface area contributed by atoms with Gasteiger partial charge in [0.1, 0.15) is 23.5 Å². The number of ether oxygens (including phenoxy) is 1. The van der Waals surface area contributed by atoms with Gasteiger partial charge in [-0.2, -0.15) is 27.1 Å². The molecule has 2 aromatic heterocycles. The first-order valence-corrected chi connectivity index (χ1v) is 19.3. The minimum atomic E-state index is -4.98. The Morgan fingerprint density at radius 3 is 2.15 bits per heavy atom. The van der Waals surface area contributed by atoms with Gasteiger partial charge in [0.25, 0.3) is 0 Å². The van der Waals surface area contributed by atoms with Crippen LogP contribution in [0.2, 0.25) is 0 Å². The lowest BCUT2D eigenvalue weighted by Gasteiger charge is -2.36. The molecule has 328 valence electrons. The van der Waals surface area contributed by atoms with Gasteiger partial charge < -0.3 is 36.0 Å². The number of benzene rings is 2. The second-order valence-electron chi connectivity index (χ2n) is 15.4. The van der Waals surface area contributed by atoms with Crippen molar-refractivity contribution in [1.29, 1.82) is 0 Å². The molecular weight excluding hydrogens is 814 g/mol. The van der Waals surface area contributed by atoms with E-state index in [0.29, 0.717) is 33.5 Å². The van der Waals surface area contributed by atoms with Gasteiger partial charge >= 0.3 is 18.8 Å². The molecule has 0 bridgehead atoms. The van der Waals surface area contributed by atoms with E-state index >= 15 is 8.78 Å². The Hall–Kier alpha value is -5.71. The molecule has 1 saturated heterocycles. The lowest BCUT2D eigenvalue weighted by atomic mass is 9.82. The van der Waals surface area contributed by atoms with Crippen LogP contribution in [0.1, 0.15) is 56.5 Å². The Morgan fingerprint density at radius 1 is 0.967 bits per heavy atom. The molecule has 0 aliphatic carbocycles. The number of carbonyl (C=O) groups is 2. The molecular formula is C42H47F7N8O4. The molecule has 5 rings (SSSR count). The number of alkyl carbamates (subject to hydrolysis) is 1. The molecule has 1 aliphatic rings. The van der Waals surface area contributed by atoms with Gasteiger partial charge in [-0.1, -0.05) is 24.0 Å². The molecule has 12 nitrogen and oxygen atoms in total. The molecule has 0 radical (unpaired) electrons. The van der Waals surface area contributed by atoms with Gasteiger partial charge in [0, 0.05) is 72.9 Å². The van der Waals surface area contributed by atoms with Gasteiger partial charge in [0.05, 0.1) is 30.4 Å². The first-order chi connectivity index (χ1) is 28.7. The number of alkyl halides is 5. The maximum atomic E-state index is 15.1. The summed E-state index contributed by atoms with van der Waals surface area (Å²) in [5.41, 5.74) is -1.67. The zero-order valence-corrected chi connectivity index (χ0v) is 34.0. The standard InChI is InChI=1S/C42H47F7N8O4/c1-24-22-56(23-25(2)52-24)36-13-12-28(19-51-36)11-8-26-6-9-27(10-7-26)16-34(53-38(59)37(54-40(60)61-5)41(3,4)42(47,48)49)35(58)21-50-20-30-31(43)17-29(18-32(30)44)33-14-15-57(55-33)39(45)46/h6-7,9-10,12-15,17-19,24-25,34-35,37,39,50,52,58H,16,20-23H2,1-5H3,(H,53,59)(H,54,60)/t24?,25?,34-,35-,37?/m0/s1. The third-order valence-corrected chi connectivity index (χ3v) is 10.2. The summed E-state index contributed by atoms with van der Waals surface area (Å²) in [4.78, 5) is 32.5. The van der Waals surface area contributed by atoms with Gasteiger partial charge in [-0.25, -0.2) is 23.2 Å². The molecule has 1 fully saturated rings. The molecule has 0 spiro atoms. The molecule has 2 aromatic carbocycles. The van der Waals surface area contributed by atoms with E-state index in [-0.39, 0.29) is 17.7 Å².